The smallest absolute Gasteiger partial charge is 0.303 e. The Labute approximate surface area is 114 Å². The molecular formula is C12H15N5O3. The van der Waals surface area contributed by atoms with Crippen LogP contribution < -0.4 is 5.32 Å². The number of fused-ring (bicyclic) bond motifs is 1. The van der Waals surface area contributed by atoms with Gasteiger partial charge in [0.25, 0.3) is 5.91 Å². The van der Waals surface area contributed by atoms with Crippen molar-refractivity contribution in [3.8, 4) is 0 Å². The van der Waals surface area contributed by atoms with Crippen molar-refractivity contribution >= 4 is 23.0 Å². The van der Waals surface area contributed by atoms with Crippen molar-refractivity contribution in [2.75, 3.05) is 6.54 Å². The molecule has 8 heteroatoms. The second kappa shape index (κ2) is 6.60. The minimum atomic E-state index is -0.795. The Kier molecular flexibility index (Phi) is 4.59. The van der Waals surface area contributed by atoms with Gasteiger partial charge >= 0.3 is 5.97 Å². The molecule has 8 nitrogen and oxygen atoms in total. The lowest BCUT2D eigenvalue weighted by Crippen LogP contribution is -2.25. The molecule has 2 rings (SSSR count). The third kappa shape index (κ3) is 3.50. The summed E-state index contributed by atoms with van der Waals surface area (Å²) < 4.78 is 0. The number of H-pyrrole nitrogens is 1. The number of carbonyl (C=O) groups is 2. The van der Waals surface area contributed by atoms with Gasteiger partial charge in [0.15, 0.2) is 11.3 Å². The molecule has 0 aromatic carbocycles. The molecule has 3 N–H and O–H groups in total. The first-order valence-electron chi connectivity index (χ1n) is 6.32. The number of aromatic amines is 1. The van der Waals surface area contributed by atoms with Crippen molar-refractivity contribution in [3.05, 3.63) is 18.3 Å². The number of carboxylic acid groups (broad SMARTS) is 1. The van der Waals surface area contributed by atoms with Gasteiger partial charge in [-0.15, -0.1) is 0 Å². The first-order valence-corrected chi connectivity index (χ1v) is 6.32. The van der Waals surface area contributed by atoms with Crippen LogP contribution in [0.4, 0.5) is 0 Å². The van der Waals surface area contributed by atoms with E-state index in [4.69, 9.17) is 5.11 Å². The lowest BCUT2D eigenvalue weighted by atomic mass is 10.2. The van der Waals surface area contributed by atoms with Crippen molar-refractivity contribution in [1.29, 1.82) is 0 Å². The van der Waals surface area contributed by atoms with E-state index in [2.05, 4.69) is 25.3 Å². The van der Waals surface area contributed by atoms with Gasteiger partial charge in [0, 0.05) is 13.0 Å². The molecule has 2 heterocycles. The molecule has 0 saturated carbocycles. The van der Waals surface area contributed by atoms with Crippen LogP contribution in [0.1, 0.15) is 36.2 Å². The fourth-order valence-corrected chi connectivity index (χ4v) is 1.80. The van der Waals surface area contributed by atoms with Gasteiger partial charge in [-0.25, -0.2) is 15.0 Å². The topological polar surface area (TPSA) is 121 Å². The molecule has 0 radical (unpaired) electrons. The highest BCUT2D eigenvalue weighted by Crippen LogP contribution is 2.09. The predicted octanol–water partition coefficient (Wildman–Crippen LogP) is 0.728. The van der Waals surface area contributed by atoms with Crippen molar-refractivity contribution in [1.82, 2.24) is 25.3 Å². The zero-order valence-corrected chi connectivity index (χ0v) is 10.8. The number of aromatic nitrogens is 4. The molecule has 0 saturated heterocycles. The van der Waals surface area contributed by atoms with E-state index in [-0.39, 0.29) is 18.0 Å². The highest BCUT2D eigenvalue weighted by atomic mass is 16.4. The standard InChI is InChI=1S/C12H15N5O3/c18-8(19)4-2-1-3-5-13-12(20)10-9-11(16-6-14-9)17-7-15-10/h6-7H,1-5H2,(H,13,20)(H,18,19)(H,14,15,16,17). The first kappa shape index (κ1) is 13.9. The van der Waals surface area contributed by atoms with Crippen LogP contribution in [0, 0.1) is 0 Å². The molecule has 0 unspecified atom stereocenters. The first-order chi connectivity index (χ1) is 9.68. The second-order valence-electron chi connectivity index (χ2n) is 4.28. The number of rotatable bonds is 7. The molecule has 0 aliphatic rings. The monoisotopic (exact) mass is 277 g/mol. The predicted molar refractivity (Wildman–Crippen MR) is 70.1 cm³/mol. The number of amides is 1. The van der Waals surface area contributed by atoms with Crippen LogP contribution in [-0.4, -0.2) is 43.5 Å². The lowest BCUT2D eigenvalue weighted by molar-refractivity contribution is -0.137. The van der Waals surface area contributed by atoms with Crippen LogP contribution in [0.5, 0.6) is 0 Å². The Hall–Kier alpha value is -2.51. The summed E-state index contributed by atoms with van der Waals surface area (Å²) in [5.74, 6) is -1.09. The van der Waals surface area contributed by atoms with E-state index in [9.17, 15) is 9.59 Å². The summed E-state index contributed by atoms with van der Waals surface area (Å²) in [5, 5.41) is 11.2. The molecule has 0 bridgehead atoms. The van der Waals surface area contributed by atoms with Crippen LogP contribution in [0.25, 0.3) is 11.2 Å². The van der Waals surface area contributed by atoms with E-state index >= 15 is 0 Å². The highest BCUT2D eigenvalue weighted by molar-refractivity contribution is 6.01. The van der Waals surface area contributed by atoms with Gasteiger partial charge in [-0.2, -0.15) is 0 Å². The lowest BCUT2D eigenvalue weighted by Gasteiger charge is -2.04. The van der Waals surface area contributed by atoms with Crippen molar-refractivity contribution in [3.63, 3.8) is 0 Å². The third-order valence-corrected chi connectivity index (χ3v) is 2.79. The summed E-state index contributed by atoms with van der Waals surface area (Å²) in [6.07, 6.45) is 5.02. The molecule has 2 aromatic heterocycles. The molecule has 106 valence electrons. The SMILES string of the molecule is O=C(O)CCCCCNC(=O)c1ncnc2nc[nH]c12. The van der Waals surface area contributed by atoms with Crippen LogP contribution in [0.2, 0.25) is 0 Å². The molecule has 0 spiro atoms. The Balaban J connectivity index is 1.80. The van der Waals surface area contributed by atoms with Crippen LogP contribution in [0.3, 0.4) is 0 Å². The van der Waals surface area contributed by atoms with E-state index < -0.39 is 5.97 Å². The van der Waals surface area contributed by atoms with E-state index in [1.54, 1.807) is 0 Å². The molecule has 0 aliphatic heterocycles. The number of hydrogen-bond donors (Lipinski definition) is 3. The Bertz CT molecular complexity index is 610. The summed E-state index contributed by atoms with van der Waals surface area (Å²) in [6, 6.07) is 0. The summed E-state index contributed by atoms with van der Waals surface area (Å²) >= 11 is 0. The van der Waals surface area contributed by atoms with Gasteiger partial charge in [0.1, 0.15) is 11.8 Å². The van der Waals surface area contributed by atoms with E-state index in [1.807, 2.05) is 0 Å². The normalized spacial score (nSPS) is 10.6. The molecule has 20 heavy (non-hydrogen) atoms. The number of hydrogen-bond acceptors (Lipinski definition) is 5. The van der Waals surface area contributed by atoms with Crippen LogP contribution in [-0.2, 0) is 4.79 Å². The quantitative estimate of drug-likeness (QED) is 0.641. The fraction of sp³-hybridized carbons (Fsp3) is 0.417. The molecule has 0 fully saturated rings. The molecule has 0 atom stereocenters. The number of unbranched alkanes of at least 4 members (excludes halogenated alkanes) is 2. The number of aliphatic carboxylic acids is 1. The van der Waals surface area contributed by atoms with Gasteiger partial charge in [-0.3, -0.25) is 9.59 Å². The summed E-state index contributed by atoms with van der Waals surface area (Å²) in [6.45, 7) is 0.484. The van der Waals surface area contributed by atoms with E-state index in [0.29, 0.717) is 24.1 Å². The Morgan fingerprint density at radius 3 is 2.85 bits per heavy atom. The minimum absolute atomic E-state index is 0.161. The molecule has 1 amide bonds. The van der Waals surface area contributed by atoms with Gasteiger partial charge in [0.2, 0.25) is 0 Å². The number of carbonyl (C=O) groups excluding carboxylic acids is 1. The fourth-order valence-electron chi connectivity index (χ4n) is 1.80. The average Bonchev–Trinajstić information content (AvgIpc) is 2.90. The van der Waals surface area contributed by atoms with Gasteiger partial charge in [-0.05, 0) is 12.8 Å². The summed E-state index contributed by atoms with van der Waals surface area (Å²) in [7, 11) is 0. The average molecular weight is 277 g/mol. The zero-order chi connectivity index (χ0) is 14.4. The Morgan fingerprint density at radius 1 is 1.20 bits per heavy atom. The van der Waals surface area contributed by atoms with Gasteiger partial charge < -0.3 is 15.4 Å². The number of nitrogens with zero attached hydrogens (tertiary/aromatic N) is 3. The number of nitrogens with one attached hydrogen (secondary N) is 2. The number of carboxylic acids is 1. The maximum Gasteiger partial charge on any atom is 0.303 e. The second-order valence-corrected chi connectivity index (χ2v) is 4.28. The number of imidazole rings is 1. The molecule has 0 aliphatic carbocycles. The van der Waals surface area contributed by atoms with Crippen LogP contribution in [0.15, 0.2) is 12.7 Å². The van der Waals surface area contributed by atoms with E-state index in [0.717, 1.165) is 12.8 Å². The third-order valence-electron chi connectivity index (χ3n) is 2.79. The van der Waals surface area contributed by atoms with Crippen molar-refractivity contribution in [2.24, 2.45) is 0 Å². The molecule has 2 aromatic rings. The van der Waals surface area contributed by atoms with Gasteiger partial charge in [0.05, 0.1) is 6.33 Å². The maximum absolute atomic E-state index is 12.0. The maximum atomic E-state index is 12.0. The van der Waals surface area contributed by atoms with Crippen molar-refractivity contribution < 1.29 is 14.7 Å². The van der Waals surface area contributed by atoms with E-state index in [1.165, 1.54) is 12.7 Å². The summed E-state index contributed by atoms with van der Waals surface area (Å²) in [5.41, 5.74) is 1.22. The van der Waals surface area contributed by atoms with Gasteiger partial charge in [-0.1, -0.05) is 6.42 Å². The zero-order valence-electron chi connectivity index (χ0n) is 10.8. The van der Waals surface area contributed by atoms with Crippen molar-refractivity contribution in [2.45, 2.75) is 25.7 Å². The summed E-state index contributed by atoms with van der Waals surface area (Å²) in [4.78, 5) is 36.9. The molecular weight excluding hydrogens is 262 g/mol. The highest BCUT2D eigenvalue weighted by Gasteiger charge is 2.13. The minimum Gasteiger partial charge on any atom is -0.481 e. The largest absolute Gasteiger partial charge is 0.481 e. The Morgan fingerprint density at radius 2 is 2.05 bits per heavy atom. The van der Waals surface area contributed by atoms with Crippen LogP contribution >= 0.6 is 0 Å².